The Kier molecular flexibility index (Phi) is 5.79. The molecule has 0 spiro atoms. The molecule has 2 heterocycles. The number of amides is 1. The summed E-state index contributed by atoms with van der Waals surface area (Å²) in [5, 5.41) is 3.31. The van der Waals surface area contributed by atoms with Gasteiger partial charge in [-0.2, -0.15) is 0 Å². The van der Waals surface area contributed by atoms with Crippen LogP contribution in [-0.4, -0.2) is 49.2 Å². The Morgan fingerprint density at radius 2 is 1.81 bits per heavy atom. The molecule has 5 heteroatoms. The highest BCUT2D eigenvalue weighted by atomic mass is 19.1. The summed E-state index contributed by atoms with van der Waals surface area (Å²) in [5.74, 6) is -0.230. The summed E-state index contributed by atoms with van der Waals surface area (Å²) < 4.78 is 19.3. The molecule has 1 saturated carbocycles. The summed E-state index contributed by atoms with van der Waals surface area (Å²) in [6.45, 7) is 3.24. The van der Waals surface area contributed by atoms with E-state index in [1.54, 1.807) is 6.07 Å². The summed E-state index contributed by atoms with van der Waals surface area (Å²) in [4.78, 5) is 16.0. The standard InChI is InChI=1S/C22H31FN2O2/c23-18-5-3-4-17(16-18)22(10-14-27-15-11-22)21(26)24-19-8-12-25(13-9-19)20-6-1-2-7-20/h3-5,16,19-20H,1-2,6-15H2,(H,24,26). The zero-order valence-electron chi connectivity index (χ0n) is 16.1. The minimum atomic E-state index is -0.664. The van der Waals surface area contributed by atoms with Crippen LogP contribution in [0.2, 0.25) is 0 Å². The smallest absolute Gasteiger partial charge is 0.231 e. The third kappa shape index (κ3) is 4.04. The first kappa shape index (κ1) is 18.9. The Labute approximate surface area is 161 Å². The molecule has 2 saturated heterocycles. The van der Waals surface area contributed by atoms with Gasteiger partial charge in [0.2, 0.25) is 5.91 Å². The second-order valence-corrected chi connectivity index (χ2v) is 8.43. The second kappa shape index (κ2) is 8.27. The number of rotatable bonds is 4. The Hall–Kier alpha value is -1.46. The lowest BCUT2D eigenvalue weighted by Crippen LogP contribution is -2.54. The van der Waals surface area contributed by atoms with Crippen LogP contribution in [0.25, 0.3) is 0 Å². The van der Waals surface area contributed by atoms with Gasteiger partial charge in [0.1, 0.15) is 5.82 Å². The molecule has 148 valence electrons. The molecule has 27 heavy (non-hydrogen) atoms. The zero-order valence-corrected chi connectivity index (χ0v) is 16.1. The fourth-order valence-corrected chi connectivity index (χ4v) is 5.15. The molecule has 4 rings (SSSR count). The van der Waals surface area contributed by atoms with Crippen LogP contribution in [0.15, 0.2) is 24.3 Å². The van der Waals surface area contributed by atoms with Gasteiger partial charge in [-0.3, -0.25) is 4.79 Å². The average Bonchev–Trinajstić information content (AvgIpc) is 3.24. The van der Waals surface area contributed by atoms with E-state index in [0.717, 1.165) is 37.5 Å². The third-order valence-electron chi connectivity index (χ3n) is 6.86. The van der Waals surface area contributed by atoms with Crippen LogP contribution in [0.1, 0.15) is 56.9 Å². The fourth-order valence-electron chi connectivity index (χ4n) is 5.15. The van der Waals surface area contributed by atoms with Crippen LogP contribution in [0.3, 0.4) is 0 Å². The number of carbonyl (C=O) groups is 1. The van der Waals surface area contributed by atoms with Crippen molar-refractivity contribution in [1.82, 2.24) is 10.2 Å². The molecule has 1 aromatic carbocycles. The van der Waals surface area contributed by atoms with Crippen molar-refractivity contribution >= 4 is 5.91 Å². The van der Waals surface area contributed by atoms with Gasteiger partial charge in [-0.1, -0.05) is 25.0 Å². The maximum atomic E-state index is 13.8. The fraction of sp³-hybridized carbons (Fsp3) is 0.682. The number of hydrogen-bond donors (Lipinski definition) is 1. The monoisotopic (exact) mass is 374 g/mol. The number of hydrogen-bond acceptors (Lipinski definition) is 3. The second-order valence-electron chi connectivity index (χ2n) is 8.43. The van der Waals surface area contributed by atoms with Crippen LogP contribution in [-0.2, 0) is 14.9 Å². The number of ether oxygens (including phenoxy) is 1. The van der Waals surface area contributed by atoms with Crippen LogP contribution < -0.4 is 5.32 Å². The normalized spacial score (nSPS) is 24.8. The maximum absolute atomic E-state index is 13.8. The Balaban J connectivity index is 1.42. The summed E-state index contributed by atoms with van der Waals surface area (Å²) in [6.07, 6.45) is 8.64. The number of likely N-dealkylation sites (tertiary alicyclic amines) is 1. The molecule has 1 N–H and O–H groups in total. The molecule has 0 atom stereocenters. The first-order valence-corrected chi connectivity index (χ1v) is 10.6. The molecular weight excluding hydrogens is 343 g/mol. The summed E-state index contributed by atoms with van der Waals surface area (Å²) in [5.41, 5.74) is 0.120. The quantitative estimate of drug-likeness (QED) is 0.878. The molecule has 2 aliphatic heterocycles. The molecule has 0 aromatic heterocycles. The van der Waals surface area contributed by atoms with Crippen molar-refractivity contribution in [2.24, 2.45) is 0 Å². The SMILES string of the molecule is O=C(NC1CCN(C2CCCC2)CC1)C1(c2cccc(F)c2)CCOCC1. The number of halogens is 1. The highest BCUT2D eigenvalue weighted by Crippen LogP contribution is 2.36. The van der Waals surface area contributed by atoms with Gasteiger partial charge in [-0.05, 0) is 56.2 Å². The predicted octanol–water partition coefficient (Wildman–Crippen LogP) is 3.40. The number of carbonyl (C=O) groups excluding carboxylic acids is 1. The third-order valence-corrected chi connectivity index (χ3v) is 6.86. The highest BCUT2D eigenvalue weighted by Gasteiger charge is 2.43. The van der Waals surface area contributed by atoms with E-state index in [1.165, 1.54) is 37.8 Å². The lowest BCUT2D eigenvalue weighted by atomic mass is 9.73. The lowest BCUT2D eigenvalue weighted by Gasteiger charge is -2.40. The van der Waals surface area contributed by atoms with Crippen LogP contribution in [0, 0.1) is 5.82 Å². The van der Waals surface area contributed by atoms with E-state index in [2.05, 4.69) is 10.2 Å². The molecule has 0 bridgehead atoms. The van der Waals surface area contributed by atoms with Crippen molar-refractivity contribution in [3.8, 4) is 0 Å². The van der Waals surface area contributed by atoms with Gasteiger partial charge in [-0.25, -0.2) is 4.39 Å². The molecule has 0 radical (unpaired) electrons. The van der Waals surface area contributed by atoms with E-state index in [-0.39, 0.29) is 17.8 Å². The Morgan fingerprint density at radius 1 is 1.11 bits per heavy atom. The first-order valence-electron chi connectivity index (χ1n) is 10.6. The summed E-state index contributed by atoms with van der Waals surface area (Å²) in [6, 6.07) is 7.53. The summed E-state index contributed by atoms with van der Waals surface area (Å²) in [7, 11) is 0. The van der Waals surface area contributed by atoms with Crippen LogP contribution >= 0.6 is 0 Å². The molecule has 1 aromatic rings. The molecular formula is C22H31FN2O2. The van der Waals surface area contributed by atoms with E-state index >= 15 is 0 Å². The highest BCUT2D eigenvalue weighted by molar-refractivity contribution is 5.88. The van der Waals surface area contributed by atoms with E-state index < -0.39 is 5.41 Å². The molecule has 1 aliphatic carbocycles. The van der Waals surface area contributed by atoms with Crippen LogP contribution in [0.5, 0.6) is 0 Å². The van der Waals surface area contributed by atoms with Gasteiger partial charge in [0, 0.05) is 38.4 Å². The number of piperidine rings is 1. The van der Waals surface area contributed by atoms with Gasteiger partial charge < -0.3 is 15.0 Å². The van der Waals surface area contributed by atoms with Crippen LogP contribution in [0.4, 0.5) is 4.39 Å². The van der Waals surface area contributed by atoms with Gasteiger partial charge in [0.05, 0.1) is 5.41 Å². The number of benzene rings is 1. The number of nitrogens with one attached hydrogen (secondary N) is 1. The molecule has 3 aliphatic rings. The van der Waals surface area contributed by atoms with Crippen molar-refractivity contribution < 1.29 is 13.9 Å². The van der Waals surface area contributed by atoms with E-state index in [4.69, 9.17) is 4.74 Å². The van der Waals surface area contributed by atoms with Gasteiger partial charge in [-0.15, -0.1) is 0 Å². The first-order chi connectivity index (χ1) is 13.2. The van der Waals surface area contributed by atoms with Crippen molar-refractivity contribution in [3.05, 3.63) is 35.6 Å². The average molecular weight is 375 g/mol. The van der Waals surface area contributed by atoms with Crippen molar-refractivity contribution in [3.63, 3.8) is 0 Å². The maximum Gasteiger partial charge on any atom is 0.231 e. The van der Waals surface area contributed by atoms with E-state index in [0.29, 0.717) is 26.1 Å². The van der Waals surface area contributed by atoms with Crippen molar-refractivity contribution in [2.45, 2.75) is 68.9 Å². The topological polar surface area (TPSA) is 41.6 Å². The minimum absolute atomic E-state index is 0.0516. The van der Waals surface area contributed by atoms with E-state index in [9.17, 15) is 9.18 Å². The lowest BCUT2D eigenvalue weighted by molar-refractivity contribution is -0.131. The summed E-state index contributed by atoms with van der Waals surface area (Å²) >= 11 is 0. The van der Waals surface area contributed by atoms with Gasteiger partial charge in [0.25, 0.3) is 0 Å². The molecule has 4 nitrogen and oxygen atoms in total. The van der Waals surface area contributed by atoms with Gasteiger partial charge >= 0.3 is 0 Å². The van der Waals surface area contributed by atoms with E-state index in [1.807, 2.05) is 6.07 Å². The predicted molar refractivity (Wildman–Crippen MR) is 103 cm³/mol. The molecule has 0 unspecified atom stereocenters. The van der Waals surface area contributed by atoms with Crippen molar-refractivity contribution in [2.75, 3.05) is 26.3 Å². The number of nitrogens with zero attached hydrogens (tertiary/aromatic N) is 1. The zero-order chi connectivity index (χ0) is 18.7. The minimum Gasteiger partial charge on any atom is -0.381 e. The molecule has 3 fully saturated rings. The van der Waals surface area contributed by atoms with Gasteiger partial charge in [0.15, 0.2) is 0 Å². The molecule has 1 amide bonds. The van der Waals surface area contributed by atoms with Crippen molar-refractivity contribution in [1.29, 1.82) is 0 Å². The Morgan fingerprint density at radius 3 is 2.48 bits per heavy atom. The largest absolute Gasteiger partial charge is 0.381 e. The Bertz CT molecular complexity index is 645.